The minimum atomic E-state index is 0.316. The molecule has 0 fully saturated rings. The first-order valence-electron chi connectivity index (χ1n) is 6.62. The SMILES string of the molecule is CCC1Cc2c(oc3ccc(O)cc23)CCN1C. The lowest BCUT2D eigenvalue weighted by Crippen LogP contribution is -2.32. The van der Waals surface area contributed by atoms with Crippen LogP contribution in [0.25, 0.3) is 11.0 Å². The molecule has 0 spiro atoms. The Hall–Kier alpha value is -1.48. The molecule has 0 amide bonds. The van der Waals surface area contributed by atoms with E-state index in [-0.39, 0.29) is 0 Å². The maximum absolute atomic E-state index is 9.64. The second kappa shape index (κ2) is 4.32. The summed E-state index contributed by atoms with van der Waals surface area (Å²) < 4.78 is 5.93. The Kier molecular flexibility index (Phi) is 2.78. The number of nitrogens with zero attached hydrogens (tertiary/aromatic N) is 1. The Labute approximate surface area is 107 Å². The van der Waals surface area contributed by atoms with Gasteiger partial charge < -0.3 is 14.4 Å². The van der Waals surface area contributed by atoms with Gasteiger partial charge in [0.15, 0.2) is 0 Å². The molecule has 96 valence electrons. The fourth-order valence-corrected chi connectivity index (χ4v) is 2.92. The van der Waals surface area contributed by atoms with Crippen molar-refractivity contribution in [2.45, 2.75) is 32.2 Å². The summed E-state index contributed by atoms with van der Waals surface area (Å²) in [7, 11) is 2.18. The zero-order valence-corrected chi connectivity index (χ0v) is 10.9. The average Bonchev–Trinajstić information content (AvgIpc) is 2.61. The van der Waals surface area contributed by atoms with E-state index in [1.54, 1.807) is 6.07 Å². The molecule has 1 aliphatic rings. The van der Waals surface area contributed by atoms with Gasteiger partial charge in [-0.25, -0.2) is 0 Å². The minimum Gasteiger partial charge on any atom is -0.508 e. The van der Waals surface area contributed by atoms with E-state index in [9.17, 15) is 5.11 Å². The van der Waals surface area contributed by atoms with Crippen molar-refractivity contribution >= 4 is 11.0 Å². The highest BCUT2D eigenvalue weighted by Gasteiger charge is 2.24. The van der Waals surface area contributed by atoms with Crippen LogP contribution in [0.15, 0.2) is 22.6 Å². The maximum atomic E-state index is 9.64. The normalized spacial score (nSPS) is 20.9. The Balaban J connectivity index is 2.12. The average molecular weight is 245 g/mol. The van der Waals surface area contributed by atoms with Gasteiger partial charge in [-0.15, -0.1) is 0 Å². The molecule has 2 heterocycles. The summed E-state index contributed by atoms with van der Waals surface area (Å²) in [6, 6.07) is 5.95. The molecule has 0 saturated carbocycles. The van der Waals surface area contributed by atoms with Gasteiger partial charge in [0, 0.05) is 30.0 Å². The van der Waals surface area contributed by atoms with Crippen LogP contribution in [-0.2, 0) is 12.8 Å². The highest BCUT2D eigenvalue weighted by atomic mass is 16.3. The lowest BCUT2D eigenvalue weighted by Gasteiger charge is -2.24. The monoisotopic (exact) mass is 245 g/mol. The lowest BCUT2D eigenvalue weighted by atomic mass is 10.0. The second-order valence-electron chi connectivity index (χ2n) is 5.18. The number of fused-ring (bicyclic) bond motifs is 3. The summed E-state index contributed by atoms with van der Waals surface area (Å²) in [6.07, 6.45) is 3.11. The molecule has 1 N–H and O–H groups in total. The highest BCUT2D eigenvalue weighted by Crippen LogP contribution is 2.32. The Morgan fingerprint density at radius 3 is 3.06 bits per heavy atom. The second-order valence-corrected chi connectivity index (χ2v) is 5.18. The summed E-state index contributed by atoms with van der Waals surface area (Å²) in [6.45, 7) is 3.27. The van der Waals surface area contributed by atoms with Crippen LogP contribution in [0, 0.1) is 0 Å². The third-order valence-electron chi connectivity index (χ3n) is 4.08. The van der Waals surface area contributed by atoms with Gasteiger partial charge in [-0.2, -0.15) is 0 Å². The number of hydrogen-bond donors (Lipinski definition) is 1. The van der Waals surface area contributed by atoms with Gasteiger partial charge in [0.25, 0.3) is 0 Å². The van der Waals surface area contributed by atoms with Crippen LogP contribution in [0.3, 0.4) is 0 Å². The Morgan fingerprint density at radius 1 is 1.44 bits per heavy atom. The van der Waals surface area contributed by atoms with Crippen LogP contribution in [0.1, 0.15) is 24.7 Å². The van der Waals surface area contributed by atoms with Crippen molar-refractivity contribution in [3.8, 4) is 5.75 Å². The number of rotatable bonds is 1. The molecule has 0 aliphatic carbocycles. The van der Waals surface area contributed by atoms with Crippen molar-refractivity contribution in [2.75, 3.05) is 13.6 Å². The largest absolute Gasteiger partial charge is 0.508 e. The molecule has 1 aromatic heterocycles. The first-order chi connectivity index (χ1) is 8.69. The highest BCUT2D eigenvalue weighted by molar-refractivity contribution is 5.83. The van der Waals surface area contributed by atoms with E-state index in [4.69, 9.17) is 4.42 Å². The molecule has 3 rings (SSSR count). The van der Waals surface area contributed by atoms with Gasteiger partial charge in [0.2, 0.25) is 0 Å². The number of aromatic hydroxyl groups is 1. The molecule has 0 radical (unpaired) electrons. The molecule has 1 aromatic carbocycles. The molecule has 3 heteroatoms. The molecule has 0 bridgehead atoms. The number of benzene rings is 1. The molecule has 3 nitrogen and oxygen atoms in total. The molecule has 1 aliphatic heterocycles. The Bertz CT molecular complexity index is 573. The molecule has 1 unspecified atom stereocenters. The standard InChI is InChI=1S/C15H19NO2/c1-3-10-8-12-13-9-11(17)4-5-14(13)18-15(12)6-7-16(10)2/h4-5,9-10,17H,3,6-8H2,1-2H3. The predicted molar refractivity (Wildman–Crippen MR) is 72.0 cm³/mol. The van der Waals surface area contributed by atoms with Crippen LogP contribution >= 0.6 is 0 Å². The van der Waals surface area contributed by atoms with E-state index in [1.165, 1.54) is 5.56 Å². The third-order valence-corrected chi connectivity index (χ3v) is 4.08. The summed E-state index contributed by atoms with van der Waals surface area (Å²) in [5.74, 6) is 1.41. The zero-order valence-electron chi connectivity index (χ0n) is 10.9. The number of phenolic OH excluding ortho intramolecular Hbond substituents is 1. The van der Waals surface area contributed by atoms with Gasteiger partial charge in [-0.3, -0.25) is 0 Å². The molecular formula is C15H19NO2. The van der Waals surface area contributed by atoms with Crippen LogP contribution < -0.4 is 0 Å². The fraction of sp³-hybridized carbons (Fsp3) is 0.467. The van der Waals surface area contributed by atoms with E-state index in [2.05, 4.69) is 18.9 Å². The van der Waals surface area contributed by atoms with Gasteiger partial charge in [0.05, 0.1) is 0 Å². The molecular weight excluding hydrogens is 226 g/mol. The van der Waals surface area contributed by atoms with E-state index in [1.807, 2.05) is 12.1 Å². The van der Waals surface area contributed by atoms with E-state index < -0.39 is 0 Å². The van der Waals surface area contributed by atoms with E-state index >= 15 is 0 Å². The first-order valence-corrected chi connectivity index (χ1v) is 6.62. The summed E-state index contributed by atoms with van der Waals surface area (Å²) >= 11 is 0. The van der Waals surface area contributed by atoms with E-state index in [0.29, 0.717) is 11.8 Å². The Morgan fingerprint density at radius 2 is 2.28 bits per heavy atom. The maximum Gasteiger partial charge on any atom is 0.134 e. The van der Waals surface area contributed by atoms with E-state index in [0.717, 1.165) is 42.5 Å². The van der Waals surface area contributed by atoms with Gasteiger partial charge in [0.1, 0.15) is 17.1 Å². The van der Waals surface area contributed by atoms with Gasteiger partial charge in [-0.1, -0.05) is 6.92 Å². The van der Waals surface area contributed by atoms with Crippen LogP contribution in [0.5, 0.6) is 5.75 Å². The summed E-state index contributed by atoms with van der Waals surface area (Å²) in [5, 5.41) is 10.7. The van der Waals surface area contributed by atoms with Crippen molar-refractivity contribution in [3.05, 3.63) is 29.5 Å². The van der Waals surface area contributed by atoms with Crippen molar-refractivity contribution in [1.82, 2.24) is 4.90 Å². The van der Waals surface area contributed by atoms with Crippen molar-refractivity contribution < 1.29 is 9.52 Å². The molecule has 2 aromatic rings. The predicted octanol–water partition coefficient (Wildman–Crippen LogP) is 2.95. The zero-order chi connectivity index (χ0) is 12.7. The summed E-state index contributed by atoms with van der Waals surface area (Å²) in [5.41, 5.74) is 2.19. The molecule has 1 atom stereocenters. The molecule has 18 heavy (non-hydrogen) atoms. The summed E-state index contributed by atoms with van der Waals surface area (Å²) in [4.78, 5) is 2.41. The van der Waals surface area contributed by atoms with Gasteiger partial charge >= 0.3 is 0 Å². The van der Waals surface area contributed by atoms with Crippen LogP contribution in [0.2, 0.25) is 0 Å². The van der Waals surface area contributed by atoms with Crippen molar-refractivity contribution in [1.29, 1.82) is 0 Å². The first kappa shape index (κ1) is 11.6. The number of phenols is 1. The molecule has 0 saturated heterocycles. The number of hydrogen-bond acceptors (Lipinski definition) is 3. The third kappa shape index (κ3) is 1.79. The van der Waals surface area contributed by atoms with Crippen molar-refractivity contribution in [2.24, 2.45) is 0 Å². The number of furan rings is 1. The number of likely N-dealkylation sites (N-methyl/N-ethyl adjacent to an activating group) is 1. The lowest BCUT2D eigenvalue weighted by molar-refractivity contribution is 0.243. The quantitative estimate of drug-likeness (QED) is 0.839. The van der Waals surface area contributed by atoms with Crippen LogP contribution in [-0.4, -0.2) is 29.6 Å². The fourth-order valence-electron chi connectivity index (χ4n) is 2.92. The van der Waals surface area contributed by atoms with Crippen molar-refractivity contribution in [3.63, 3.8) is 0 Å². The topological polar surface area (TPSA) is 36.6 Å². The van der Waals surface area contributed by atoms with Gasteiger partial charge in [-0.05, 0) is 38.1 Å². The van der Waals surface area contributed by atoms with Crippen LogP contribution in [0.4, 0.5) is 0 Å². The minimum absolute atomic E-state index is 0.316. The smallest absolute Gasteiger partial charge is 0.134 e.